The summed E-state index contributed by atoms with van der Waals surface area (Å²) in [6.45, 7) is 0.315. The van der Waals surface area contributed by atoms with Crippen LogP contribution in [0.25, 0.3) is 17.2 Å². The number of benzene rings is 1. The molecule has 29 heteroatoms. The van der Waals surface area contributed by atoms with Gasteiger partial charge in [0.05, 0.1) is 19.5 Å². The van der Waals surface area contributed by atoms with E-state index in [1.807, 2.05) is 0 Å². The first kappa shape index (κ1) is 48.0. The second kappa shape index (κ2) is 20.3. The quantitative estimate of drug-likeness (QED) is 0.0384. The second-order valence-electron chi connectivity index (χ2n) is 13.1. The largest absolute Gasteiger partial charge is 0.507 e. The van der Waals surface area contributed by atoms with E-state index < -0.39 is 84.6 Å². The third-order valence-corrected chi connectivity index (χ3v) is 12.0. The first-order chi connectivity index (χ1) is 27.5. The zero-order valence-corrected chi connectivity index (χ0v) is 34.5. The van der Waals surface area contributed by atoms with E-state index >= 15 is 0 Å². The number of aliphatic hydroxyl groups is 2. The fourth-order valence-electron chi connectivity index (χ4n) is 5.12. The fraction of sp³-hybridized carbons (Fsp3) is 0.467. The lowest BCUT2D eigenvalue weighted by Crippen LogP contribution is -2.46. The van der Waals surface area contributed by atoms with Crippen LogP contribution in [-0.2, 0) is 50.7 Å². The highest BCUT2D eigenvalue weighted by Gasteiger charge is 2.50. The van der Waals surface area contributed by atoms with Gasteiger partial charge in [0.2, 0.25) is 16.9 Å². The molecule has 1 saturated heterocycles. The number of aromatic nitrogens is 4. The molecule has 0 radical (unpaired) electrons. The summed E-state index contributed by atoms with van der Waals surface area (Å²) in [6, 6.07) is 6.45. The maximum absolute atomic E-state index is 12.7. The Morgan fingerprint density at radius 2 is 1.75 bits per heavy atom. The van der Waals surface area contributed by atoms with E-state index in [0.717, 1.165) is 29.0 Å². The molecule has 2 amide bonds. The van der Waals surface area contributed by atoms with Crippen molar-refractivity contribution in [1.29, 1.82) is 0 Å². The number of phenols is 1. The predicted molar refractivity (Wildman–Crippen MR) is 204 cm³/mol. The first-order valence-electron chi connectivity index (χ1n) is 17.0. The number of rotatable bonds is 21. The predicted octanol–water partition coefficient (Wildman–Crippen LogP) is 0.0837. The van der Waals surface area contributed by atoms with E-state index in [4.69, 9.17) is 19.5 Å². The van der Waals surface area contributed by atoms with Gasteiger partial charge in [-0.1, -0.05) is 43.8 Å². The number of fused-ring (bicyclic) bond motifs is 1. The van der Waals surface area contributed by atoms with Crippen LogP contribution >= 0.6 is 35.2 Å². The molecule has 1 aliphatic rings. The van der Waals surface area contributed by atoms with Crippen LogP contribution in [0.5, 0.6) is 5.75 Å². The molecule has 1 aromatic carbocycles. The van der Waals surface area contributed by atoms with Crippen molar-refractivity contribution >= 4 is 75.2 Å². The summed E-state index contributed by atoms with van der Waals surface area (Å²) in [5, 5.41) is 35.8. The van der Waals surface area contributed by atoms with Gasteiger partial charge < -0.3 is 56.0 Å². The van der Waals surface area contributed by atoms with Crippen LogP contribution in [0.2, 0.25) is 0 Å². The maximum atomic E-state index is 12.7. The Bertz CT molecular complexity index is 2150. The Kier molecular flexibility index (Phi) is 16.5. The number of amides is 2. The summed E-state index contributed by atoms with van der Waals surface area (Å²) in [5.74, 6) is -1.28. The van der Waals surface area contributed by atoms with Gasteiger partial charge in [0.25, 0.3) is 0 Å². The zero-order valence-electron chi connectivity index (χ0n) is 31.0. The monoisotopic (exact) mass is 913 g/mol. The van der Waals surface area contributed by atoms with Crippen molar-refractivity contribution in [3.05, 3.63) is 48.6 Å². The smallest absolute Gasteiger partial charge is 0.481 e. The van der Waals surface area contributed by atoms with Crippen LogP contribution in [0.4, 0.5) is 5.82 Å². The highest BCUT2D eigenvalue weighted by Crippen LogP contribution is 2.61. The molecule has 2 unspecified atom stereocenters. The number of phenolic OH excluding ortho intramolecular Hbond substituents is 1. The van der Waals surface area contributed by atoms with E-state index in [1.54, 1.807) is 18.2 Å². The highest BCUT2D eigenvalue weighted by atomic mass is 32.2. The molecule has 1 fully saturated rings. The number of nitrogens with zero attached hydrogens (tertiary/aromatic N) is 4. The van der Waals surface area contributed by atoms with E-state index in [2.05, 4.69) is 34.4 Å². The minimum absolute atomic E-state index is 0.0165. The van der Waals surface area contributed by atoms with Crippen LogP contribution in [0.15, 0.2) is 43.0 Å². The number of carbonyl (C=O) groups is 3. The number of nitrogen functional groups attached to an aromatic ring is 1. The number of aromatic hydroxyl groups is 1. The van der Waals surface area contributed by atoms with Gasteiger partial charge in [-0.15, -0.1) is 0 Å². The molecule has 0 spiro atoms. The van der Waals surface area contributed by atoms with E-state index in [-0.39, 0.29) is 53.1 Å². The lowest BCUT2D eigenvalue weighted by molar-refractivity contribution is -0.137. The average Bonchev–Trinajstić information content (AvgIpc) is 3.71. The van der Waals surface area contributed by atoms with Crippen LogP contribution in [-0.4, -0.2) is 128 Å². The molecule has 4 rings (SSSR count). The molecule has 25 nitrogen and oxygen atoms in total. The molecule has 0 aliphatic carbocycles. The van der Waals surface area contributed by atoms with Crippen LogP contribution in [0.1, 0.15) is 32.1 Å². The van der Waals surface area contributed by atoms with E-state index in [1.165, 1.54) is 32.1 Å². The van der Waals surface area contributed by atoms with Crippen molar-refractivity contribution in [3.8, 4) is 5.75 Å². The number of ether oxygens (including phenoxy) is 1. The summed E-state index contributed by atoms with van der Waals surface area (Å²) in [6.07, 6.45) is -4.29. The van der Waals surface area contributed by atoms with Crippen molar-refractivity contribution in [2.45, 2.75) is 50.9 Å². The number of phosphoric ester groups is 3. The number of aliphatic hydroxyl groups excluding tert-OH is 2. The zero-order chi connectivity index (χ0) is 43.8. The SMILES string of the molecule is CC(C)(COP(=O)(O)OP(=O)(O)OC[C@H]1O[C@@H](n2cnc3c(N)ncnc32)[C@H](O)[C@@H]1OP(=O)(O)O)[C@@H](O)C(=O)NCCC(=O)NCCSC(=O)C=Cc1ccccc1O. The molecule has 326 valence electrons. The summed E-state index contributed by atoms with van der Waals surface area (Å²) in [4.78, 5) is 87.7. The summed E-state index contributed by atoms with van der Waals surface area (Å²) in [7, 11) is -16.4. The van der Waals surface area contributed by atoms with Crippen molar-refractivity contribution in [3.63, 3.8) is 0 Å². The van der Waals surface area contributed by atoms with Crippen LogP contribution < -0.4 is 16.4 Å². The molecule has 1 aliphatic heterocycles. The number of hydrogen-bond acceptors (Lipinski definition) is 19. The molecule has 0 saturated carbocycles. The third-order valence-electron chi connectivity index (χ3n) is 8.08. The molecule has 59 heavy (non-hydrogen) atoms. The van der Waals surface area contributed by atoms with Gasteiger partial charge in [0, 0.05) is 36.2 Å². The molecular formula is C30H42N7O18P3S. The number of carbonyl (C=O) groups excluding carboxylic acids is 3. The summed E-state index contributed by atoms with van der Waals surface area (Å²) >= 11 is 0.927. The van der Waals surface area contributed by atoms with Gasteiger partial charge in [-0.05, 0) is 18.2 Å². The first-order valence-corrected chi connectivity index (χ1v) is 22.5. The van der Waals surface area contributed by atoms with E-state index in [9.17, 15) is 63.0 Å². The minimum atomic E-state index is -5.59. The van der Waals surface area contributed by atoms with Gasteiger partial charge in [0.15, 0.2) is 17.7 Å². The number of thioether (sulfide) groups is 1. The minimum Gasteiger partial charge on any atom is -0.507 e. The topological polar surface area (TPSA) is 384 Å². The fourth-order valence-corrected chi connectivity index (χ4v) is 8.51. The molecule has 3 aromatic rings. The average molecular weight is 914 g/mol. The number of hydrogen-bond donors (Lipinski definition) is 10. The normalized spacial score (nSPS) is 21.2. The highest BCUT2D eigenvalue weighted by molar-refractivity contribution is 8.14. The Labute approximate surface area is 338 Å². The van der Waals surface area contributed by atoms with Gasteiger partial charge in [0.1, 0.15) is 42.0 Å². The Morgan fingerprint density at radius 3 is 2.44 bits per heavy atom. The second-order valence-corrected chi connectivity index (χ2v) is 18.5. The number of para-hydroxylation sites is 1. The number of nitrogens with two attached hydrogens (primary N) is 1. The molecule has 2 aromatic heterocycles. The van der Waals surface area contributed by atoms with Gasteiger partial charge in [-0.2, -0.15) is 4.31 Å². The van der Waals surface area contributed by atoms with Gasteiger partial charge >= 0.3 is 23.5 Å². The number of nitrogens with one attached hydrogen (secondary N) is 2. The van der Waals surface area contributed by atoms with Crippen molar-refractivity contribution in [2.24, 2.45) is 5.41 Å². The summed E-state index contributed by atoms with van der Waals surface area (Å²) < 4.78 is 62.1. The van der Waals surface area contributed by atoms with Crippen molar-refractivity contribution < 1.29 is 85.6 Å². The summed E-state index contributed by atoms with van der Waals surface area (Å²) in [5.41, 5.74) is 4.69. The Morgan fingerprint density at radius 1 is 1.05 bits per heavy atom. The van der Waals surface area contributed by atoms with Crippen molar-refractivity contribution in [2.75, 3.05) is 37.8 Å². The van der Waals surface area contributed by atoms with Gasteiger partial charge in [-0.25, -0.2) is 28.6 Å². The molecule has 0 bridgehead atoms. The molecule has 11 N–H and O–H groups in total. The van der Waals surface area contributed by atoms with E-state index in [0.29, 0.717) is 5.56 Å². The lowest BCUT2D eigenvalue weighted by atomic mass is 9.87. The molecule has 7 atom stereocenters. The Balaban J connectivity index is 1.21. The van der Waals surface area contributed by atoms with Crippen molar-refractivity contribution in [1.82, 2.24) is 30.2 Å². The number of imidazole rings is 1. The van der Waals surface area contributed by atoms with Crippen LogP contribution in [0.3, 0.4) is 0 Å². The standard InChI is InChI=1S/C30H42N7O18P3S/c1-30(2,25(42)28(43)33-10-9-20(39)32-11-12-59-21(40)8-7-17-5-3-4-6-18(17)38)14-52-58(49,50)55-57(47,48)51-13-19-24(54-56(44,45)46)23(41)29(53-19)37-16-36-22-26(31)34-15-35-27(22)37/h3-8,15-16,19,23-25,29,38,41-42H,9-14H2,1-2H3,(H,32,39)(H,33,43)(H,47,48)(H,49,50)(H2,31,34,35)(H2,44,45,46)/t19-,23-,24-,25+,29-/m1/s1. The number of phosphoric acid groups is 3. The van der Waals surface area contributed by atoms with Gasteiger partial charge in [-0.3, -0.25) is 32.5 Å². The number of anilines is 1. The lowest BCUT2D eigenvalue weighted by Gasteiger charge is -2.30. The maximum Gasteiger partial charge on any atom is 0.481 e. The van der Waals surface area contributed by atoms with Crippen LogP contribution in [0, 0.1) is 5.41 Å². The molecular weight excluding hydrogens is 871 g/mol. The molecule has 3 heterocycles. The Hall–Kier alpha value is -3.68. The third kappa shape index (κ3) is 14.2.